The van der Waals surface area contributed by atoms with Gasteiger partial charge in [0.05, 0.1) is 36.5 Å². The Hall–Kier alpha value is -5.48. The summed E-state index contributed by atoms with van der Waals surface area (Å²) in [5.74, 6) is -1.02. The van der Waals surface area contributed by atoms with Gasteiger partial charge < -0.3 is 39.8 Å². The standard InChI is InChI=1S/C100H176N6O10.C4H8/c1-9-15-21-27-33-41-51-67-87(69-53-43-37-39-49-63-81-115-99(111)91-75-59-61-77-93(91)103-105-95(85(7)107)97(109)101-79-65-83-113-89(71-55-45-31-25-19-13-5)73-57-47-35-29-23-17-11-3)88(68-52-42-34-28-22-16-10-2)70-54-44-38-40-50-64-82-116-100(112)92-76-60-62-78-94(92)104-106-96(86(8)108)98(110)102-80-66-84-114-90(72-56-46-32-26-20-14-6)74-58-48-36-30-24-18-12-4;1-2-4-3-1/h59-62,75-78,87-90,107-108H,9-58,63-74,79-84H2,1-8H3,(H,101,109)(H,102,110);1-4H2. The molecule has 0 bridgehead atoms. The number of rotatable bonds is 83. The van der Waals surface area contributed by atoms with Crippen LogP contribution in [0.2, 0.25) is 0 Å². The number of carbonyl (C=O) groups is 4. The maximum absolute atomic E-state index is 13.5. The molecule has 120 heavy (non-hydrogen) atoms. The summed E-state index contributed by atoms with van der Waals surface area (Å²) in [7, 11) is 0. The molecule has 690 valence electrons. The van der Waals surface area contributed by atoms with Crippen LogP contribution < -0.4 is 10.6 Å². The molecule has 1 aliphatic carbocycles. The van der Waals surface area contributed by atoms with Crippen LogP contribution in [0, 0.1) is 11.8 Å². The maximum atomic E-state index is 13.5. The number of unbranched alkanes of at least 4 members (excludes halogenated alkanes) is 44. The molecule has 0 aliphatic heterocycles. The number of aliphatic hydroxyl groups is 2. The SMILES string of the molecule is C1CCC1.CCCCCCCCCC(CCCCCCCC)OCCCNC(=O)C(N=Nc1ccccc1C(=O)OCCCCCCCCC(CCCCCCCCC)C(CCCCCCCCC)CCCCCCCCOC(=O)c1ccccc1N=NC(C(=O)NCCCOC(CCCCCCCC)CCCCCCCCC)=C(C)O)=C(C)O. The van der Waals surface area contributed by atoms with E-state index in [4.69, 9.17) is 18.9 Å². The van der Waals surface area contributed by atoms with E-state index >= 15 is 0 Å². The lowest BCUT2D eigenvalue weighted by Gasteiger charge is -2.28. The average molecular weight is 1680 g/mol. The van der Waals surface area contributed by atoms with Gasteiger partial charge >= 0.3 is 11.9 Å². The topological polar surface area (TPSA) is 219 Å². The zero-order valence-corrected chi connectivity index (χ0v) is 78.8. The third kappa shape index (κ3) is 61.8. The average Bonchev–Trinajstić information content (AvgIpc) is 0.857. The summed E-state index contributed by atoms with van der Waals surface area (Å²) in [6, 6.07) is 13.7. The third-order valence-electron chi connectivity index (χ3n) is 24.2. The Balaban J connectivity index is 0.0000118. The van der Waals surface area contributed by atoms with Gasteiger partial charge in [-0.25, -0.2) is 9.59 Å². The first kappa shape index (κ1) is 111. The van der Waals surface area contributed by atoms with Crippen LogP contribution >= 0.6 is 0 Å². The molecular formula is C104H184N6O10. The Kier molecular flexibility index (Phi) is 75.4. The van der Waals surface area contributed by atoms with Crippen LogP contribution in [-0.2, 0) is 28.5 Å². The Labute approximate surface area is 735 Å². The van der Waals surface area contributed by atoms with E-state index in [1.807, 2.05) is 0 Å². The zero-order chi connectivity index (χ0) is 86.9. The Morgan fingerprint density at radius 1 is 0.308 bits per heavy atom. The maximum Gasteiger partial charge on any atom is 0.340 e. The van der Waals surface area contributed by atoms with Crippen molar-refractivity contribution in [2.24, 2.45) is 32.3 Å². The fraction of sp³-hybridized carbons (Fsp3) is 0.808. The number of esters is 2. The van der Waals surface area contributed by atoms with Crippen molar-refractivity contribution in [1.29, 1.82) is 0 Å². The highest BCUT2D eigenvalue weighted by Crippen LogP contribution is 2.35. The van der Waals surface area contributed by atoms with Gasteiger partial charge in [0.1, 0.15) is 22.9 Å². The Morgan fingerprint density at radius 3 is 0.792 bits per heavy atom. The fourth-order valence-corrected chi connectivity index (χ4v) is 16.2. The summed E-state index contributed by atoms with van der Waals surface area (Å²) in [6.45, 7) is 18.9. The number of nitrogens with one attached hydrogen (secondary N) is 2. The molecule has 2 aromatic rings. The molecule has 4 N–H and O–H groups in total. The summed E-state index contributed by atoms with van der Waals surface area (Å²) in [4.78, 5) is 53.6. The first-order valence-electron chi connectivity index (χ1n) is 50.8. The number of aliphatic hydroxyl groups excluding tert-OH is 2. The van der Waals surface area contributed by atoms with Crippen molar-refractivity contribution in [3.05, 3.63) is 82.6 Å². The van der Waals surface area contributed by atoms with E-state index in [9.17, 15) is 29.4 Å². The van der Waals surface area contributed by atoms with Gasteiger partial charge in [-0.05, 0) is 101 Å². The first-order valence-corrected chi connectivity index (χ1v) is 50.8. The van der Waals surface area contributed by atoms with E-state index in [0.717, 1.165) is 76.0 Å². The van der Waals surface area contributed by atoms with Crippen molar-refractivity contribution < 1.29 is 48.3 Å². The van der Waals surface area contributed by atoms with Gasteiger partial charge in [-0.1, -0.05) is 438 Å². The van der Waals surface area contributed by atoms with E-state index in [1.54, 1.807) is 48.5 Å². The van der Waals surface area contributed by atoms with Crippen molar-refractivity contribution in [2.75, 3.05) is 39.5 Å². The number of ether oxygens (including phenoxy) is 4. The first-order chi connectivity index (χ1) is 58.8. The van der Waals surface area contributed by atoms with Crippen molar-refractivity contribution in [3.63, 3.8) is 0 Å². The van der Waals surface area contributed by atoms with Crippen LogP contribution in [0.3, 0.4) is 0 Å². The van der Waals surface area contributed by atoms with Crippen molar-refractivity contribution in [2.45, 2.75) is 491 Å². The molecule has 2 amide bonds. The minimum Gasteiger partial charge on any atom is -0.510 e. The van der Waals surface area contributed by atoms with E-state index in [-0.39, 0.29) is 57.6 Å². The lowest BCUT2D eigenvalue weighted by atomic mass is 9.78. The molecule has 1 saturated carbocycles. The minimum atomic E-state index is -0.530. The van der Waals surface area contributed by atoms with Crippen LogP contribution in [-0.4, -0.2) is 85.7 Å². The summed E-state index contributed by atoms with van der Waals surface area (Å²) in [5, 5.41) is 43.8. The molecule has 16 heteroatoms. The van der Waals surface area contributed by atoms with E-state index < -0.39 is 23.8 Å². The van der Waals surface area contributed by atoms with Crippen LogP contribution in [0.5, 0.6) is 0 Å². The second kappa shape index (κ2) is 81.8. The van der Waals surface area contributed by atoms with Gasteiger partial charge in [0, 0.05) is 26.3 Å². The van der Waals surface area contributed by atoms with Gasteiger partial charge in [-0.2, -0.15) is 0 Å². The van der Waals surface area contributed by atoms with Crippen LogP contribution in [0.25, 0.3) is 0 Å². The quantitative estimate of drug-likeness (QED) is 0.0161. The number of nitrogens with zero attached hydrogens (tertiary/aromatic N) is 4. The van der Waals surface area contributed by atoms with E-state index in [1.165, 1.54) is 361 Å². The smallest absolute Gasteiger partial charge is 0.340 e. The summed E-state index contributed by atoms with van der Waals surface area (Å²) < 4.78 is 24.4. The van der Waals surface area contributed by atoms with Gasteiger partial charge in [-0.15, -0.1) is 20.5 Å². The zero-order valence-electron chi connectivity index (χ0n) is 78.8. The Morgan fingerprint density at radius 2 is 0.542 bits per heavy atom. The highest BCUT2D eigenvalue weighted by atomic mass is 16.5. The predicted molar refractivity (Wildman–Crippen MR) is 504 cm³/mol. The number of amides is 2. The van der Waals surface area contributed by atoms with Crippen molar-refractivity contribution in [1.82, 2.24) is 10.6 Å². The second-order valence-corrected chi connectivity index (χ2v) is 35.3. The number of benzene rings is 2. The molecule has 0 radical (unpaired) electrons. The number of hydrogen-bond acceptors (Lipinski definition) is 14. The lowest BCUT2D eigenvalue weighted by molar-refractivity contribution is -0.118. The van der Waals surface area contributed by atoms with Gasteiger partial charge in [0.15, 0.2) is 11.4 Å². The molecule has 3 rings (SSSR count). The molecule has 1 aliphatic rings. The molecule has 1 fully saturated rings. The molecule has 0 spiro atoms. The second-order valence-electron chi connectivity index (χ2n) is 35.3. The van der Waals surface area contributed by atoms with Crippen molar-refractivity contribution in [3.8, 4) is 0 Å². The molecule has 0 aromatic heterocycles. The van der Waals surface area contributed by atoms with Crippen LogP contribution in [0.4, 0.5) is 11.4 Å². The molecule has 2 aromatic carbocycles. The van der Waals surface area contributed by atoms with Gasteiger partial charge in [-0.3, -0.25) is 9.59 Å². The molecule has 4 unspecified atom stereocenters. The lowest BCUT2D eigenvalue weighted by Crippen LogP contribution is -2.27. The van der Waals surface area contributed by atoms with Crippen LogP contribution in [0.15, 0.2) is 91.9 Å². The van der Waals surface area contributed by atoms with E-state index in [2.05, 4.69) is 72.6 Å². The third-order valence-corrected chi connectivity index (χ3v) is 24.2. The highest BCUT2D eigenvalue weighted by molar-refractivity contribution is 5.96. The van der Waals surface area contributed by atoms with Gasteiger partial charge in [0.25, 0.3) is 11.8 Å². The number of allylic oxidation sites excluding steroid dienone is 2. The summed E-state index contributed by atoms with van der Waals surface area (Å²) in [6.07, 6.45) is 82.2. The highest BCUT2D eigenvalue weighted by Gasteiger charge is 2.23. The minimum absolute atomic E-state index is 0.199. The molecule has 4 atom stereocenters. The molecule has 16 nitrogen and oxygen atoms in total. The number of hydrogen-bond donors (Lipinski definition) is 4. The summed E-state index contributed by atoms with van der Waals surface area (Å²) in [5.41, 5.74) is 0.666. The number of azo groups is 2. The molecular weight excluding hydrogens is 1490 g/mol. The van der Waals surface area contributed by atoms with Crippen molar-refractivity contribution >= 4 is 35.1 Å². The number of carbonyl (C=O) groups excluding carboxylic acids is 4. The van der Waals surface area contributed by atoms with Gasteiger partial charge in [0.2, 0.25) is 0 Å². The summed E-state index contributed by atoms with van der Waals surface area (Å²) >= 11 is 0. The van der Waals surface area contributed by atoms with E-state index in [0.29, 0.717) is 52.4 Å². The predicted octanol–water partition coefficient (Wildman–Crippen LogP) is 32.5. The monoisotopic (exact) mass is 1680 g/mol. The fourth-order valence-electron chi connectivity index (χ4n) is 16.2. The normalized spacial score (nSPS) is 13.6. The molecule has 0 saturated heterocycles. The largest absolute Gasteiger partial charge is 0.510 e. The molecule has 0 heterocycles. The van der Waals surface area contributed by atoms with Crippen LogP contribution in [0.1, 0.15) is 500 Å². The Bertz CT molecular complexity index is 2680.